The van der Waals surface area contributed by atoms with E-state index >= 15 is 0 Å². The lowest BCUT2D eigenvalue weighted by Crippen LogP contribution is -2.16. The van der Waals surface area contributed by atoms with Gasteiger partial charge in [0, 0.05) is 17.5 Å². The van der Waals surface area contributed by atoms with Crippen LogP contribution in [0.3, 0.4) is 0 Å². The van der Waals surface area contributed by atoms with E-state index in [4.69, 9.17) is 0 Å². The maximum Gasteiger partial charge on any atom is 0.187 e. The largest absolute Gasteiger partial charge is 0.392 e. The van der Waals surface area contributed by atoms with E-state index in [1.165, 1.54) is 18.2 Å². The first-order valence-corrected chi connectivity index (χ1v) is 5.97. The molecule has 0 aliphatic heterocycles. The van der Waals surface area contributed by atoms with Gasteiger partial charge in [0.15, 0.2) is 11.6 Å². The quantitative estimate of drug-likeness (QED) is 0.664. The highest BCUT2D eigenvalue weighted by Crippen LogP contribution is 2.39. The molecule has 3 rings (SSSR count). The first-order chi connectivity index (χ1) is 9.04. The van der Waals surface area contributed by atoms with E-state index in [0.29, 0.717) is 16.7 Å². The predicted octanol–water partition coefficient (Wildman–Crippen LogP) is 0.0645. The number of aliphatic hydroxyl groups excluding tert-OH is 3. The lowest BCUT2D eigenvalue weighted by molar-refractivity contribution is 0.0317. The molecule has 0 spiro atoms. The molecule has 2 aliphatic carbocycles. The van der Waals surface area contributed by atoms with Gasteiger partial charge in [0.25, 0.3) is 0 Å². The second kappa shape index (κ2) is 4.09. The first-order valence-electron chi connectivity index (χ1n) is 5.97. The Morgan fingerprint density at radius 2 is 1.84 bits per heavy atom. The molecule has 0 bridgehead atoms. The molecule has 0 aromatic heterocycles. The molecule has 5 heteroatoms. The number of carbonyl (C=O) groups is 2. The molecule has 1 aromatic carbocycles. The predicted molar refractivity (Wildman–Crippen MR) is 64.8 cm³/mol. The van der Waals surface area contributed by atoms with Crippen LogP contribution in [0.1, 0.15) is 43.5 Å². The number of hydrogen-bond donors (Lipinski definition) is 3. The Morgan fingerprint density at radius 1 is 1.16 bits per heavy atom. The Balaban J connectivity index is 2.34. The highest BCUT2D eigenvalue weighted by atomic mass is 16.3. The number of fused-ring (bicyclic) bond motifs is 3. The van der Waals surface area contributed by atoms with Crippen LogP contribution in [0.5, 0.6) is 0 Å². The Hall–Kier alpha value is -1.82. The van der Waals surface area contributed by atoms with Gasteiger partial charge in [0.2, 0.25) is 0 Å². The van der Waals surface area contributed by atoms with Gasteiger partial charge in [-0.05, 0) is 34.9 Å². The summed E-state index contributed by atoms with van der Waals surface area (Å²) in [5.74, 6) is -0.611. The van der Waals surface area contributed by atoms with Crippen molar-refractivity contribution in [3.8, 4) is 0 Å². The molecule has 0 radical (unpaired) electrons. The van der Waals surface area contributed by atoms with Gasteiger partial charge < -0.3 is 15.3 Å². The van der Waals surface area contributed by atoms with E-state index in [9.17, 15) is 24.9 Å². The number of allylic oxidation sites excluding steroid dienone is 2. The highest BCUT2D eigenvalue weighted by molar-refractivity contribution is 6.23. The summed E-state index contributed by atoms with van der Waals surface area (Å²) < 4.78 is 0. The third kappa shape index (κ3) is 1.59. The van der Waals surface area contributed by atoms with E-state index in [1.807, 2.05) is 0 Å². The second-order valence-corrected chi connectivity index (χ2v) is 4.79. The molecule has 2 atom stereocenters. The summed E-state index contributed by atoms with van der Waals surface area (Å²) in [5.41, 5.74) is 1.72. The Bertz CT molecular complexity index is 629. The van der Waals surface area contributed by atoms with Crippen LogP contribution in [-0.2, 0) is 13.0 Å². The summed E-state index contributed by atoms with van der Waals surface area (Å²) in [4.78, 5) is 23.8. The molecule has 1 aromatic rings. The van der Waals surface area contributed by atoms with Crippen LogP contribution in [0.15, 0.2) is 18.2 Å². The van der Waals surface area contributed by atoms with Crippen LogP contribution >= 0.6 is 0 Å². The average Bonchev–Trinajstić information content (AvgIpc) is 2.69. The van der Waals surface area contributed by atoms with Crippen molar-refractivity contribution in [1.29, 1.82) is 0 Å². The molecule has 2 aliphatic rings. The zero-order valence-electron chi connectivity index (χ0n) is 9.96. The molecule has 0 fully saturated rings. The Kier molecular flexibility index (Phi) is 2.63. The molecule has 2 unspecified atom stereocenters. The number of benzene rings is 1. The molecule has 0 heterocycles. The van der Waals surface area contributed by atoms with Gasteiger partial charge in [0.1, 0.15) is 6.10 Å². The summed E-state index contributed by atoms with van der Waals surface area (Å²) in [6.45, 7) is -0.357. The highest BCUT2D eigenvalue weighted by Gasteiger charge is 2.37. The van der Waals surface area contributed by atoms with Crippen molar-refractivity contribution in [2.24, 2.45) is 0 Å². The van der Waals surface area contributed by atoms with Crippen molar-refractivity contribution in [1.82, 2.24) is 0 Å². The molecule has 19 heavy (non-hydrogen) atoms. The standard InChI is InChI=1S/C14H12O5/c15-5-6-3-7-9(16)1-2-10(17)13(7)8-4-11(18)14(19)12(6)8/h1-3,11,14-15,18-19H,4-5H2. The fourth-order valence-electron chi connectivity index (χ4n) is 2.84. The van der Waals surface area contributed by atoms with Crippen molar-refractivity contribution in [3.05, 3.63) is 46.0 Å². The number of rotatable bonds is 1. The fraction of sp³-hybridized carbons (Fsp3) is 0.286. The van der Waals surface area contributed by atoms with Gasteiger partial charge in [-0.25, -0.2) is 0 Å². The van der Waals surface area contributed by atoms with Gasteiger partial charge in [-0.3, -0.25) is 9.59 Å². The average molecular weight is 260 g/mol. The Labute approximate surface area is 108 Å². The monoisotopic (exact) mass is 260 g/mol. The van der Waals surface area contributed by atoms with Crippen LogP contribution in [0.2, 0.25) is 0 Å². The van der Waals surface area contributed by atoms with Gasteiger partial charge in [-0.2, -0.15) is 0 Å². The molecular formula is C14H12O5. The molecule has 3 N–H and O–H groups in total. The smallest absolute Gasteiger partial charge is 0.187 e. The van der Waals surface area contributed by atoms with Crippen molar-refractivity contribution >= 4 is 11.6 Å². The minimum Gasteiger partial charge on any atom is -0.392 e. The van der Waals surface area contributed by atoms with E-state index in [-0.39, 0.29) is 35.7 Å². The van der Waals surface area contributed by atoms with Gasteiger partial charge in [0.05, 0.1) is 12.7 Å². The SMILES string of the molecule is O=C1C=CC(=O)c2c1cc(CO)c1c2CC(O)C1O. The van der Waals surface area contributed by atoms with Crippen LogP contribution in [0.4, 0.5) is 0 Å². The summed E-state index contributed by atoms with van der Waals surface area (Å²) in [5, 5.41) is 29.0. The molecule has 0 saturated heterocycles. The van der Waals surface area contributed by atoms with Crippen molar-refractivity contribution in [2.75, 3.05) is 0 Å². The zero-order valence-corrected chi connectivity index (χ0v) is 9.96. The zero-order chi connectivity index (χ0) is 13.7. The minimum atomic E-state index is -1.13. The number of hydrogen-bond acceptors (Lipinski definition) is 5. The molecule has 0 amide bonds. The lowest BCUT2D eigenvalue weighted by atomic mass is 9.86. The summed E-state index contributed by atoms with van der Waals surface area (Å²) >= 11 is 0. The first kappa shape index (κ1) is 12.2. The lowest BCUT2D eigenvalue weighted by Gasteiger charge is -2.17. The van der Waals surface area contributed by atoms with Crippen molar-refractivity contribution in [3.63, 3.8) is 0 Å². The number of ketones is 2. The maximum absolute atomic E-state index is 11.9. The normalized spacial score (nSPS) is 24.6. The van der Waals surface area contributed by atoms with Gasteiger partial charge in [-0.1, -0.05) is 0 Å². The molecule has 98 valence electrons. The molecular weight excluding hydrogens is 248 g/mol. The second-order valence-electron chi connectivity index (χ2n) is 4.79. The van der Waals surface area contributed by atoms with Gasteiger partial charge >= 0.3 is 0 Å². The Morgan fingerprint density at radius 3 is 2.53 bits per heavy atom. The maximum atomic E-state index is 11.9. The van der Waals surface area contributed by atoms with Crippen molar-refractivity contribution < 1.29 is 24.9 Å². The third-order valence-electron chi connectivity index (χ3n) is 3.70. The number of aliphatic hydroxyl groups is 3. The van der Waals surface area contributed by atoms with E-state index in [1.54, 1.807) is 0 Å². The van der Waals surface area contributed by atoms with Crippen LogP contribution in [-0.4, -0.2) is 33.0 Å². The van der Waals surface area contributed by atoms with Gasteiger partial charge in [-0.15, -0.1) is 0 Å². The topological polar surface area (TPSA) is 94.8 Å². The van der Waals surface area contributed by atoms with Crippen LogP contribution < -0.4 is 0 Å². The number of carbonyl (C=O) groups excluding carboxylic acids is 2. The molecule has 5 nitrogen and oxygen atoms in total. The summed E-state index contributed by atoms with van der Waals surface area (Å²) in [6.07, 6.45) is 0.358. The summed E-state index contributed by atoms with van der Waals surface area (Å²) in [7, 11) is 0. The van der Waals surface area contributed by atoms with Crippen LogP contribution in [0.25, 0.3) is 0 Å². The van der Waals surface area contributed by atoms with Crippen molar-refractivity contribution in [2.45, 2.75) is 25.2 Å². The fourth-order valence-corrected chi connectivity index (χ4v) is 2.84. The van der Waals surface area contributed by atoms with E-state index in [2.05, 4.69) is 0 Å². The molecule has 0 saturated carbocycles. The third-order valence-corrected chi connectivity index (χ3v) is 3.70. The van der Waals surface area contributed by atoms with Crippen LogP contribution in [0, 0.1) is 0 Å². The summed E-state index contributed by atoms with van der Waals surface area (Å²) in [6, 6.07) is 1.43. The van der Waals surface area contributed by atoms with E-state index < -0.39 is 12.2 Å². The minimum absolute atomic E-state index is 0.111. The van der Waals surface area contributed by atoms with E-state index in [0.717, 1.165) is 0 Å².